The van der Waals surface area contributed by atoms with Gasteiger partial charge >= 0.3 is 6.09 Å². The van der Waals surface area contributed by atoms with E-state index in [9.17, 15) is 22.8 Å². The van der Waals surface area contributed by atoms with Crippen LogP contribution in [0.15, 0.2) is 41.4 Å². The van der Waals surface area contributed by atoms with Crippen molar-refractivity contribution in [3.63, 3.8) is 0 Å². The first-order valence-electron chi connectivity index (χ1n) is 13.9. The van der Waals surface area contributed by atoms with Gasteiger partial charge in [-0.15, -0.1) is 0 Å². The number of carbonyl (C=O) groups excluding carboxylic acids is 3. The van der Waals surface area contributed by atoms with Crippen LogP contribution in [0.2, 0.25) is 0 Å². The second-order valence-electron chi connectivity index (χ2n) is 11.8. The number of allylic oxidation sites excluding steroid dienone is 2. The number of pyridine rings is 1. The summed E-state index contributed by atoms with van der Waals surface area (Å²) < 4.78 is 38.2. The maximum Gasteiger partial charge on any atom is 0.411 e. The van der Waals surface area contributed by atoms with Crippen molar-refractivity contribution in [1.82, 2.24) is 19.5 Å². The average Bonchev–Trinajstić information content (AvgIpc) is 3.81. The number of hydrogen-bond acceptors (Lipinski definition) is 8. The molecule has 1 aromatic heterocycles. The van der Waals surface area contributed by atoms with E-state index in [2.05, 4.69) is 9.71 Å². The van der Waals surface area contributed by atoms with Crippen molar-refractivity contribution < 1.29 is 32.3 Å². The van der Waals surface area contributed by atoms with Crippen LogP contribution in [0.1, 0.15) is 58.4 Å². The fraction of sp³-hybridized carbons (Fsp3) is 0.517. The molecule has 11 nitrogen and oxygen atoms in total. The van der Waals surface area contributed by atoms with E-state index in [1.807, 2.05) is 31.2 Å². The van der Waals surface area contributed by atoms with E-state index in [1.165, 1.54) is 11.0 Å². The van der Waals surface area contributed by atoms with Gasteiger partial charge in [0.25, 0.3) is 10.0 Å². The second kappa shape index (κ2) is 11.0. The number of nitrogens with zero attached hydrogens (tertiary/aromatic N) is 3. The van der Waals surface area contributed by atoms with Gasteiger partial charge in [-0.2, -0.15) is 0 Å². The Morgan fingerprint density at radius 1 is 1.15 bits per heavy atom. The maximum atomic E-state index is 13.9. The van der Waals surface area contributed by atoms with Crippen LogP contribution in [-0.4, -0.2) is 78.0 Å². The molecule has 3 aliphatic rings. The highest BCUT2D eigenvalue weighted by Gasteiger charge is 2.46. The summed E-state index contributed by atoms with van der Waals surface area (Å²) in [4.78, 5) is 47.2. The molecule has 2 fully saturated rings. The van der Waals surface area contributed by atoms with E-state index >= 15 is 0 Å². The van der Waals surface area contributed by atoms with Crippen molar-refractivity contribution >= 4 is 38.7 Å². The Labute approximate surface area is 239 Å². The maximum absolute atomic E-state index is 13.9. The van der Waals surface area contributed by atoms with Gasteiger partial charge in [-0.25, -0.2) is 22.9 Å². The molecular formula is C29H36N4O7S. The third-order valence-corrected chi connectivity index (χ3v) is 8.78. The summed E-state index contributed by atoms with van der Waals surface area (Å²) in [6.45, 7) is 7.45. The van der Waals surface area contributed by atoms with E-state index in [4.69, 9.17) is 9.47 Å². The molecule has 220 valence electrons. The number of aromatic nitrogens is 1. The molecule has 1 aliphatic heterocycles. The lowest BCUT2D eigenvalue weighted by Crippen LogP contribution is -2.50. The summed E-state index contributed by atoms with van der Waals surface area (Å²) in [5, 5.41) is 1.85. The molecule has 0 bridgehead atoms. The zero-order valence-corrected chi connectivity index (χ0v) is 24.6. The van der Waals surface area contributed by atoms with E-state index in [0.29, 0.717) is 12.3 Å². The van der Waals surface area contributed by atoms with Crippen molar-refractivity contribution in [3.05, 3.63) is 47.0 Å². The molecule has 12 heteroatoms. The van der Waals surface area contributed by atoms with E-state index < -0.39 is 39.8 Å². The predicted molar refractivity (Wildman–Crippen MR) is 151 cm³/mol. The number of benzene rings is 1. The highest BCUT2D eigenvalue weighted by Crippen LogP contribution is 2.33. The van der Waals surface area contributed by atoms with Crippen LogP contribution >= 0.6 is 0 Å². The highest BCUT2D eigenvalue weighted by molar-refractivity contribution is 7.94. The molecule has 1 aromatic carbocycles. The number of carbonyl (C=O) groups is 3. The average molecular weight is 585 g/mol. The van der Waals surface area contributed by atoms with E-state index in [1.54, 1.807) is 31.9 Å². The van der Waals surface area contributed by atoms with Crippen molar-refractivity contribution in [2.45, 2.75) is 83.6 Å². The van der Waals surface area contributed by atoms with Crippen LogP contribution in [0.5, 0.6) is 5.88 Å². The fourth-order valence-electron chi connectivity index (χ4n) is 5.03. The molecule has 5 rings (SSSR count). The van der Waals surface area contributed by atoms with E-state index in [0.717, 1.165) is 29.2 Å². The number of amides is 3. The Morgan fingerprint density at radius 2 is 1.88 bits per heavy atom. The number of nitrogens with one attached hydrogen (secondary N) is 1. The zero-order chi connectivity index (χ0) is 29.5. The third-order valence-electron chi connectivity index (χ3n) is 7.26. The molecule has 0 radical (unpaired) electrons. The monoisotopic (exact) mass is 584 g/mol. The van der Waals surface area contributed by atoms with Gasteiger partial charge in [0.2, 0.25) is 17.7 Å². The van der Waals surface area contributed by atoms with Crippen LogP contribution < -0.4 is 9.46 Å². The van der Waals surface area contributed by atoms with Gasteiger partial charge < -0.3 is 14.4 Å². The Balaban J connectivity index is 1.33. The minimum absolute atomic E-state index is 0.0399. The largest absolute Gasteiger partial charge is 0.472 e. The first-order chi connectivity index (χ1) is 19.3. The molecule has 3 amide bonds. The summed E-state index contributed by atoms with van der Waals surface area (Å²) in [5.41, 5.74) is 0.310. The Bertz CT molecular complexity index is 1510. The number of ether oxygens (including phenoxy) is 2. The summed E-state index contributed by atoms with van der Waals surface area (Å²) in [6.07, 6.45) is 4.00. The molecule has 2 aromatic rings. The lowest BCUT2D eigenvalue weighted by Gasteiger charge is -2.31. The topological polar surface area (TPSA) is 135 Å². The zero-order valence-electron chi connectivity index (χ0n) is 23.8. The number of rotatable bonds is 9. The molecule has 2 unspecified atom stereocenters. The first kappa shape index (κ1) is 28.8. The smallest absolute Gasteiger partial charge is 0.411 e. The van der Waals surface area contributed by atoms with E-state index in [-0.39, 0.29) is 42.8 Å². The van der Waals surface area contributed by atoms with Crippen LogP contribution in [0.3, 0.4) is 0 Å². The molecule has 1 saturated heterocycles. The Kier molecular flexibility index (Phi) is 7.71. The Hall–Kier alpha value is -3.67. The lowest BCUT2D eigenvalue weighted by atomic mass is 10.1. The summed E-state index contributed by atoms with van der Waals surface area (Å²) >= 11 is 0. The van der Waals surface area contributed by atoms with Crippen molar-refractivity contribution in [3.8, 4) is 5.88 Å². The number of likely N-dealkylation sites (tertiary alicyclic amines) is 1. The van der Waals surface area contributed by atoms with Crippen LogP contribution in [-0.2, 0) is 24.3 Å². The van der Waals surface area contributed by atoms with Crippen LogP contribution in [0.4, 0.5) is 4.79 Å². The molecule has 0 spiro atoms. The minimum Gasteiger partial charge on any atom is -0.472 e. The van der Waals surface area contributed by atoms with Gasteiger partial charge in [-0.05, 0) is 63.6 Å². The van der Waals surface area contributed by atoms with Crippen molar-refractivity contribution in [1.29, 1.82) is 0 Å². The van der Waals surface area contributed by atoms with Gasteiger partial charge in [0, 0.05) is 43.4 Å². The molecule has 2 heterocycles. The van der Waals surface area contributed by atoms with Gasteiger partial charge in [0.1, 0.15) is 17.7 Å². The Morgan fingerprint density at radius 3 is 2.54 bits per heavy atom. The quantitative estimate of drug-likeness (QED) is 0.474. The first-order valence-corrected chi connectivity index (χ1v) is 15.4. The summed E-state index contributed by atoms with van der Waals surface area (Å²) in [7, 11) is -3.80. The minimum atomic E-state index is -3.80. The fourth-order valence-corrected chi connectivity index (χ4v) is 6.08. The molecular weight excluding hydrogens is 548 g/mol. The number of hydrogen-bond donors (Lipinski definition) is 1. The summed E-state index contributed by atoms with van der Waals surface area (Å²) in [6, 6.07) is 6.84. The lowest BCUT2D eigenvalue weighted by molar-refractivity contribution is -0.137. The van der Waals surface area contributed by atoms with Crippen molar-refractivity contribution in [2.24, 2.45) is 0 Å². The highest BCUT2D eigenvalue weighted by atomic mass is 32.2. The van der Waals surface area contributed by atoms with Gasteiger partial charge in [-0.3, -0.25) is 14.5 Å². The molecule has 41 heavy (non-hydrogen) atoms. The molecule has 2 atom stereocenters. The molecule has 1 saturated carbocycles. The van der Waals surface area contributed by atoms with Crippen LogP contribution in [0.25, 0.3) is 10.8 Å². The van der Waals surface area contributed by atoms with Crippen molar-refractivity contribution in [2.75, 3.05) is 13.1 Å². The standard InChI is InChI=1S/C29H36N4O7S/c1-18-6-5-7-23-22(18)12-14-30-26(23)39-20-16-24(33(17-20)28(36)40-29(2,3)4)27(35)32(19-8-9-19)15-13-25(34)31-41(37,38)21-10-11-21/h5-7,10,12,14,19-20,24H,8-9,11,13,15-17H2,1-4H3,(H,31,34). The number of aryl methyl sites for hydroxylation is 1. The second-order valence-corrected chi connectivity index (χ2v) is 13.6. The third kappa shape index (κ3) is 6.80. The number of fused-ring (bicyclic) bond motifs is 1. The van der Waals surface area contributed by atoms with Gasteiger partial charge in [0.15, 0.2) is 0 Å². The van der Waals surface area contributed by atoms with Gasteiger partial charge in [0.05, 0.1) is 11.4 Å². The predicted octanol–water partition coefficient (Wildman–Crippen LogP) is 3.41. The molecule has 1 N–H and O–H groups in total. The molecule has 2 aliphatic carbocycles. The number of sulfonamides is 1. The van der Waals surface area contributed by atoms with Crippen LogP contribution in [0, 0.1) is 6.92 Å². The summed E-state index contributed by atoms with van der Waals surface area (Å²) in [5.74, 6) is -0.562. The normalized spacial score (nSPS) is 20.4. The van der Waals surface area contributed by atoms with Gasteiger partial charge in [-0.1, -0.05) is 18.2 Å². The SMILES string of the molecule is Cc1cccc2c(OC3CC(C(=O)N(CCC(=O)NS(=O)(=O)C4=CC4)C4CC4)N(C(=O)OC(C)(C)C)C3)nccc12.